The van der Waals surface area contributed by atoms with E-state index in [-0.39, 0.29) is 25.3 Å². The molecule has 27 heavy (non-hydrogen) atoms. The van der Waals surface area contributed by atoms with Crippen LogP contribution in [0.5, 0.6) is 0 Å². The smallest absolute Gasteiger partial charge is 0.326 e. The van der Waals surface area contributed by atoms with Gasteiger partial charge in [-0.2, -0.15) is 4.98 Å². The van der Waals surface area contributed by atoms with Crippen molar-refractivity contribution in [2.45, 2.75) is 32.4 Å². The predicted octanol–water partition coefficient (Wildman–Crippen LogP) is 2.76. The molecule has 3 rings (SSSR count). The Morgan fingerprint density at radius 3 is 2.67 bits per heavy atom. The van der Waals surface area contributed by atoms with Crippen molar-refractivity contribution in [3.8, 4) is 11.4 Å². The van der Waals surface area contributed by atoms with Crippen molar-refractivity contribution < 1.29 is 23.6 Å². The number of carboxylic acid groups (broad SMARTS) is 1. The zero-order valence-corrected chi connectivity index (χ0v) is 14.7. The van der Waals surface area contributed by atoms with Crippen LogP contribution in [0.4, 0.5) is 0 Å². The van der Waals surface area contributed by atoms with Crippen molar-refractivity contribution in [1.82, 2.24) is 15.0 Å². The van der Waals surface area contributed by atoms with Crippen LogP contribution in [0.25, 0.3) is 11.4 Å². The molecule has 0 saturated carbocycles. The quantitative estimate of drug-likeness (QED) is 0.650. The van der Waals surface area contributed by atoms with E-state index in [1.807, 2.05) is 30.3 Å². The average molecular weight is 369 g/mol. The highest BCUT2D eigenvalue weighted by Gasteiger charge is 2.26. The number of nitrogens with zero attached hydrogens (tertiary/aromatic N) is 3. The minimum atomic E-state index is -1.06. The maximum atomic E-state index is 12.7. The largest absolute Gasteiger partial charge is 0.480 e. The zero-order valence-electron chi connectivity index (χ0n) is 14.7. The van der Waals surface area contributed by atoms with E-state index in [4.69, 9.17) is 8.94 Å². The third-order valence-corrected chi connectivity index (χ3v) is 4.14. The molecular weight excluding hydrogens is 350 g/mol. The van der Waals surface area contributed by atoms with Gasteiger partial charge in [0, 0.05) is 19.4 Å². The van der Waals surface area contributed by atoms with Crippen LogP contribution in [0.15, 0.2) is 57.9 Å². The SMILES string of the molecule is CC(C(=O)O)N(Cc1ccccc1)C(=O)CCc1nc(-c2ccoc2)no1. The maximum absolute atomic E-state index is 12.7. The van der Waals surface area contributed by atoms with Gasteiger partial charge < -0.3 is 18.9 Å². The Hall–Kier alpha value is -3.42. The Bertz CT molecular complexity index is 889. The highest BCUT2D eigenvalue weighted by molar-refractivity contribution is 5.83. The molecule has 0 aliphatic heterocycles. The second kappa shape index (κ2) is 8.31. The first-order valence-electron chi connectivity index (χ1n) is 8.46. The average Bonchev–Trinajstić information content (AvgIpc) is 3.35. The summed E-state index contributed by atoms with van der Waals surface area (Å²) >= 11 is 0. The number of furan rings is 1. The summed E-state index contributed by atoms with van der Waals surface area (Å²) in [6.07, 6.45) is 3.29. The summed E-state index contributed by atoms with van der Waals surface area (Å²) in [5.74, 6) is -0.662. The van der Waals surface area contributed by atoms with Gasteiger partial charge in [0.25, 0.3) is 0 Å². The van der Waals surface area contributed by atoms with Crippen molar-refractivity contribution in [2.75, 3.05) is 0 Å². The van der Waals surface area contributed by atoms with E-state index in [0.717, 1.165) is 5.56 Å². The zero-order chi connectivity index (χ0) is 19.2. The van der Waals surface area contributed by atoms with Gasteiger partial charge in [-0.25, -0.2) is 4.79 Å². The van der Waals surface area contributed by atoms with E-state index in [0.29, 0.717) is 17.3 Å². The first kappa shape index (κ1) is 18.4. The molecule has 2 heterocycles. The number of benzene rings is 1. The summed E-state index contributed by atoms with van der Waals surface area (Å²) in [6, 6.07) is 10.0. The third-order valence-electron chi connectivity index (χ3n) is 4.14. The van der Waals surface area contributed by atoms with Gasteiger partial charge in [-0.3, -0.25) is 4.79 Å². The number of hydrogen-bond donors (Lipinski definition) is 1. The van der Waals surface area contributed by atoms with Crippen molar-refractivity contribution >= 4 is 11.9 Å². The molecule has 8 nitrogen and oxygen atoms in total. The predicted molar refractivity (Wildman–Crippen MR) is 94.4 cm³/mol. The number of rotatable bonds is 8. The van der Waals surface area contributed by atoms with Gasteiger partial charge in [0.2, 0.25) is 17.6 Å². The fourth-order valence-electron chi connectivity index (χ4n) is 2.58. The first-order chi connectivity index (χ1) is 13.0. The number of carbonyl (C=O) groups excluding carboxylic acids is 1. The summed E-state index contributed by atoms with van der Waals surface area (Å²) in [5, 5.41) is 13.2. The van der Waals surface area contributed by atoms with Gasteiger partial charge in [0.1, 0.15) is 12.3 Å². The molecule has 3 aromatic rings. The molecule has 2 aromatic heterocycles. The van der Waals surface area contributed by atoms with Gasteiger partial charge in [-0.15, -0.1) is 0 Å². The summed E-state index contributed by atoms with van der Waals surface area (Å²) in [7, 11) is 0. The minimum Gasteiger partial charge on any atom is -0.480 e. The Morgan fingerprint density at radius 2 is 2.00 bits per heavy atom. The first-order valence-corrected chi connectivity index (χ1v) is 8.46. The number of hydrogen-bond acceptors (Lipinski definition) is 6. The molecule has 0 radical (unpaired) electrons. The van der Waals surface area contributed by atoms with Gasteiger partial charge >= 0.3 is 5.97 Å². The normalized spacial score (nSPS) is 11.9. The van der Waals surface area contributed by atoms with E-state index >= 15 is 0 Å². The molecule has 1 atom stereocenters. The second-order valence-electron chi connectivity index (χ2n) is 6.05. The summed E-state index contributed by atoms with van der Waals surface area (Å²) in [5.41, 5.74) is 1.54. The minimum absolute atomic E-state index is 0.0669. The standard InChI is InChI=1S/C19H19N3O5/c1-13(19(24)25)22(11-14-5-3-2-4-6-14)17(23)8-7-16-20-18(21-27-16)15-9-10-26-12-15/h2-6,9-10,12-13H,7-8,11H2,1H3,(H,24,25). The van der Waals surface area contributed by atoms with Crippen LogP contribution in [0.3, 0.4) is 0 Å². The lowest BCUT2D eigenvalue weighted by Gasteiger charge is -2.26. The van der Waals surface area contributed by atoms with Gasteiger partial charge in [-0.1, -0.05) is 35.5 Å². The fourth-order valence-corrected chi connectivity index (χ4v) is 2.58. The lowest BCUT2D eigenvalue weighted by molar-refractivity contribution is -0.150. The van der Waals surface area contributed by atoms with Crippen molar-refractivity contribution in [3.63, 3.8) is 0 Å². The number of amides is 1. The van der Waals surface area contributed by atoms with E-state index in [9.17, 15) is 14.7 Å². The monoisotopic (exact) mass is 369 g/mol. The van der Waals surface area contributed by atoms with Gasteiger partial charge in [0.05, 0.1) is 11.8 Å². The van der Waals surface area contributed by atoms with E-state index in [1.165, 1.54) is 24.3 Å². The molecule has 1 aromatic carbocycles. The van der Waals surface area contributed by atoms with Crippen LogP contribution >= 0.6 is 0 Å². The molecule has 0 aliphatic rings. The van der Waals surface area contributed by atoms with E-state index in [2.05, 4.69) is 10.1 Å². The second-order valence-corrected chi connectivity index (χ2v) is 6.05. The van der Waals surface area contributed by atoms with Gasteiger partial charge in [-0.05, 0) is 18.6 Å². The van der Waals surface area contributed by atoms with Crippen LogP contribution in [0, 0.1) is 0 Å². The summed E-state index contributed by atoms with van der Waals surface area (Å²) in [4.78, 5) is 29.6. The molecule has 0 bridgehead atoms. The number of aryl methyl sites for hydroxylation is 1. The Morgan fingerprint density at radius 1 is 1.22 bits per heavy atom. The highest BCUT2D eigenvalue weighted by Crippen LogP contribution is 2.17. The number of carbonyl (C=O) groups is 2. The number of carboxylic acids is 1. The van der Waals surface area contributed by atoms with E-state index < -0.39 is 12.0 Å². The van der Waals surface area contributed by atoms with Crippen LogP contribution in [0.2, 0.25) is 0 Å². The van der Waals surface area contributed by atoms with Crippen molar-refractivity contribution in [3.05, 3.63) is 60.4 Å². The lowest BCUT2D eigenvalue weighted by Crippen LogP contribution is -2.42. The summed E-state index contributed by atoms with van der Waals surface area (Å²) < 4.78 is 10.1. The Kier molecular flexibility index (Phi) is 5.65. The van der Waals surface area contributed by atoms with Crippen molar-refractivity contribution in [1.29, 1.82) is 0 Å². The number of aromatic nitrogens is 2. The molecular formula is C19H19N3O5. The molecule has 0 spiro atoms. The third kappa shape index (κ3) is 4.60. The van der Waals surface area contributed by atoms with Crippen LogP contribution < -0.4 is 0 Å². The molecule has 8 heteroatoms. The summed E-state index contributed by atoms with van der Waals surface area (Å²) in [6.45, 7) is 1.71. The Labute approximate surface area is 155 Å². The topological polar surface area (TPSA) is 110 Å². The van der Waals surface area contributed by atoms with Crippen LogP contribution in [-0.2, 0) is 22.6 Å². The molecule has 140 valence electrons. The Balaban J connectivity index is 1.66. The fraction of sp³-hybridized carbons (Fsp3) is 0.263. The maximum Gasteiger partial charge on any atom is 0.326 e. The molecule has 0 fully saturated rings. The molecule has 0 saturated heterocycles. The highest BCUT2D eigenvalue weighted by atomic mass is 16.5. The number of aliphatic carboxylic acids is 1. The molecule has 1 N–H and O–H groups in total. The van der Waals surface area contributed by atoms with E-state index in [1.54, 1.807) is 6.07 Å². The molecule has 1 unspecified atom stereocenters. The lowest BCUT2D eigenvalue weighted by atomic mass is 10.1. The van der Waals surface area contributed by atoms with Crippen LogP contribution in [0.1, 0.15) is 24.8 Å². The van der Waals surface area contributed by atoms with Crippen molar-refractivity contribution in [2.24, 2.45) is 0 Å². The van der Waals surface area contributed by atoms with Crippen LogP contribution in [-0.4, -0.2) is 38.1 Å². The van der Waals surface area contributed by atoms with Gasteiger partial charge in [0.15, 0.2) is 0 Å². The molecule has 0 aliphatic carbocycles. The molecule has 1 amide bonds.